The van der Waals surface area contributed by atoms with Crippen LogP contribution in [-0.2, 0) is 10.3 Å². The molecule has 0 radical (unpaired) electrons. The van der Waals surface area contributed by atoms with Gasteiger partial charge in [-0.2, -0.15) is 0 Å². The number of amides is 1. The van der Waals surface area contributed by atoms with Gasteiger partial charge in [0.15, 0.2) is 0 Å². The van der Waals surface area contributed by atoms with Crippen LogP contribution in [0, 0.1) is 0 Å². The van der Waals surface area contributed by atoms with E-state index in [1.54, 1.807) is 6.07 Å². The molecule has 2 N–H and O–H groups in total. The van der Waals surface area contributed by atoms with Crippen LogP contribution < -0.4 is 10.6 Å². The van der Waals surface area contributed by atoms with Crippen LogP contribution in [0.25, 0.3) is 0 Å². The molecule has 1 amide bonds. The molecule has 7 heteroatoms. The molecular weight excluding hydrogens is 357 g/mol. The van der Waals surface area contributed by atoms with Crippen molar-refractivity contribution < 1.29 is 4.79 Å². The summed E-state index contributed by atoms with van der Waals surface area (Å²) in [5.41, 5.74) is 0.786. The Hall–Kier alpha value is -0.520. The third-order valence-corrected chi connectivity index (χ3v) is 4.76. The van der Waals surface area contributed by atoms with E-state index in [0.29, 0.717) is 23.0 Å². The number of piperazine rings is 1. The molecule has 0 spiro atoms. The van der Waals surface area contributed by atoms with Gasteiger partial charge in [-0.05, 0) is 31.5 Å². The van der Waals surface area contributed by atoms with E-state index in [9.17, 15) is 4.79 Å². The number of rotatable bonds is 5. The molecule has 130 valence electrons. The van der Waals surface area contributed by atoms with Gasteiger partial charge in [0.1, 0.15) is 0 Å². The fraction of sp³-hybridized carbons (Fsp3) is 0.562. The standard InChI is InChI=1S/C16H23Cl2N3O.ClH/c1-16(2,12-3-4-13(17)14(18)11-12)20-6-5-15(22)21-9-7-19-8-10-21;/h3-4,11,19-20H,5-10H2,1-2H3;1H. The van der Waals surface area contributed by atoms with Crippen LogP contribution in [0.15, 0.2) is 18.2 Å². The number of hydrogen-bond acceptors (Lipinski definition) is 3. The van der Waals surface area contributed by atoms with Crippen molar-refractivity contribution >= 4 is 41.5 Å². The first-order valence-electron chi connectivity index (χ1n) is 7.59. The molecular formula is C16H24Cl3N3O. The molecule has 0 atom stereocenters. The maximum absolute atomic E-state index is 12.1. The lowest BCUT2D eigenvalue weighted by molar-refractivity contribution is -0.131. The van der Waals surface area contributed by atoms with E-state index >= 15 is 0 Å². The van der Waals surface area contributed by atoms with Crippen LogP contribution in [0.1, 0.15) is 25.8 Å². The van der Waals surface area contributed by atoms with Crippen molar-refractivity contribution in [3.8, 4) is 0 Å². The summed E-state index contributed by atoms with van der Waals surface area (Å²) in [6, 6.07) is 5.63. The molecule has 1 aliphatic heterocycles. The molecule has 1 heterocycles. The molecule has 23 heavy (non-hydrogen) atoms. The van der Waals surface area contributed by atoms with Crippen LogP contribution in [0.5, 0.6) is 0 Å². The van der Waals surface area contributed by atoms with Crippen molar-refractivity contribution in [2.24, 2.45) is 0 Å². The zero-order valence-electron chi connectivity index (χ0n) is 13.5. The van der Waals surface area contributed by atoms with Gasteiger partial charge in [0.2, 0.25) is 5.91 Å². The normalized spacial score (nSPS) is 15.2. The van der Waals surface area contributed by atoms with Crippen molar-refractivity contribution in [1.82, 2.24) is 15.5 Å². The lowest BCUT2D eigenvalue weighted by Crippen LogP contribution is -2.47. The molecule has 0 bridgehead atoms. The summed E-state index contributed by atoms with van der Waals surface area (Å²) >= 11 is 12.0. The lowest BCUT2D eigenvalue weighted by Gasteiger charge is -2.30. The second-order valence-electron chi connectivity index (χ2n) is 6.06. The first kappa shape index (κ1) is 20.5. The van der Waals surface area contributed by atoms with Gasteiger partial charge in [-0.1, -0.05) is 29.3 Å². The third kappa shape index (κ3) is 5.80. The second kappa shape index (κ2) is 9.09. The van der Waals surface area contributed by atoms with Gasteiger partial charge in [-0.25, -0.2) is 0 Å². The van der Waals surface area contributed by atoms with Gasteiger partial charge in [0.05, 0.1) is 10.0 Å². The van der Waals surface area contributed by atoms with E-state index in [1.807, 2.05) is 17.0 Å². The summed E-state index contributed by atoms with van der Waals surface area (Å²) in [6.45, 7) is 8.14. The number of hydrogen-bond donors (Lipinski definition) is 2. The third-order valence-electron chi connectivity index (χ3n) is 4.02. The Morgan fingerprint density at radius 3 is 2.52 bits per heavy atom. The van der Waals surface area contributed by atoms with Gasteiger partial charge in [0, 0.05) is 44.7 Å². The molecule has 0 unspecified atom stereocenters. The Balaban J connectivity index is 0.00000264. The largest absolute Gasteiger partial charge is 0.340 e. The first-order chi connectivity index (χ1) is 10.4. The molecule has 1 aromatic carbocycles. The molecule has 1 saturated heterocycles. The average Bonchev–Trinajstić information content (AvgIpc) is 2.50. The Morgan fingerprint density at radius 2 is 1.91 bits per heavy atom. The number of nitrogens with zero attached hydrogens (tertiary/aromatic N) is 1. The van der Waals surface area contributed by atoms with Crippen molar-refractivity contribution in [1.29, 1.82) is 0 Å². The summed E-state index contributed by atoms with van der Waals surface area (Å²) in [4.78, 5) is 14.1. The molecule has 0 aromatic heterocycles. The Bertz CT molecular complexity index is 531. The summed E-state index contributed by atoms with van der Waals surface area (Å²) in [5.74, 6) is 0.207. The van der Waals surface area contributed by atoms with Crippen LogP contribution >= 0.6 is 35.6 Å². The second-order valence-corrected chi connectivity index (χ2v) is 6.88. The molecule has 1 aliphatic rings. The predicted octanol–water partition coefficient (Wildman–Crippen LogP) is 3.06. The first-order valence-corrected chi connectivity index (χ1v) is 8.35. The van der Waals surface area contributed by atoms with Crippen molar-refractivity contribution in [2.45, 2.75) is 25.8 Å². The summed E-state index contributed by atoms with van der Waals surface area (Å²) in [5, 5.41) is 7.77. The van der Waals surface area contributed by atoms with Crippen molar-refractivity contribution in [3.63, 3.8) is 0 Å². The fourth-order valence-corrected chi connectivity index (χ4v) is 2.84. The molecule has 0 aliphatic carbocycles. The summed E-state index contributed by atoms with van der Waals surface area (Å²) < 4.78 is 0. The summed E-state index contributed by atoms with van der Waals surface area (Å²) in [7, 11) is 0. The number of benzene rings is 1. The van der Waals surface area contributed by atoms with Gasteiger partial charge in [0.25, 0.3) is 0 Å². The average molecular weight is 381 g/mol. The smallest absolute Gasteiger partial charge is 0.223 e. The van der Waals surface area contributed by atoms with Crippen LogP contribution in [0.4, 0.5) is 0 Å². The van der Waals surface area contributed by atoms with E-state index in [4.69, 9.17) is 23.2 Å². The van der Waals surface area contributed by atoms with Gasteiger partial charge in [-0.3, -0.25) is 4.79 Å². The predicted molar refractivity (Wildman–Crippen MR) is 98.8 cm³/mol. The Labute approximate surface area is 154 Å². The van der Waals surface area contributed by atoms with Crippen molar-refractivity contribution in [3.05, 3.63) is 33.8 Å². The minimum absolute atomic E-state index is 0. The highest BCUT2D eigenvalue weighted by Gasteiger charge is 2.22. The van der Waals surface area contributed by atoms with Crippen LogP contribution in [0.2, 0.25) is 10.0 Å². The van der Waals surface area contributed by atoms with Crippen molar-refractivity contribution in [2.75, 3.05) is 32.7 Å². The maximum Gasteiger partial charge on any atom is 0.223 e. The zero-order valence-corrected chi connectivity index (χ0v) is 15.8. The van der Waals surface area contributed by atoms with E-state index in [2.05, 4.69) is 24.5 Å². The van der Waals surface area contributed by atoms with Gasteiger partial charge in [-0.15, -0.1) is 12.4 Å². The number of nitrogens with one attached hydrogen (secondary N) is 2. The highest BCUT2D eigenvalue weighted by Crippen LogP contribution is 2.28. The number of halogens is 3. The quantitative estimate of drug-likeness (QED) is 0.825. The van der Waals surface area contributed by atoms with Gasteiger partial charge >= 0.3 is 0 Å². The molecule has 1 aromatic rings. The minimum atomic E-state index is -0.266. The summed E-state index contributed by atoms with van der Waals surface area (Å²) in [6.07, 6.45) is 0.505. The molecule has 2 rings (SSSR count). The Kier molecular flexibility index (Phi) is 8.11. The van der Waals surface area contributed by atoms with Crippen LogP contribution in [0.3, 0.4) is 0 Å². The highest BCUT2D eigenvalue weighted by atomic mass is 35.5. The topological polar surface area (TPSA) is 44.4 Å². The van der Waals surface area contributed by atoms with E-state index in [0.717, 1.165) is 31.7 Å². The zero-order chi connectivity index (χ0) is 16.2. The highest BCUT2D eigenvalue weighted by molar-refractivity contribution is 6.42. The van der Waals surface area contributed by atoms with E-state index in [-0.39, 0.29) is 23.9 Å². The Morgan fingerprint density at radius 1 is 1.26 bits per heavy atom. The fourth-order valence-electron chi connectivity index (χ4n) is 2.54. The van der Waals surface area contributed by atoms with E-state index < -0.39 is 0 Å². The van der Waals surface area contributed by atoms with Gasteiger partial charge < -0.3 is 15.5 Å². The molecule has 1 fully saturated rings. The lowest BCUT2D eigenvalue weighted by atomic mass is 9.94. The molecule has 4 nitrogen and oxygen atoms in total. The molecule has 0 saturated carbocycles. The minimum Gasteiger partial charge on any atom is -0.340 e. The monoisotopic (exact) mass is 379 g/mol. The van der Waals surface area contributed by atoms with E-state index in [1.165, 1.54) is 0 Å². The SMILES string of the molecule is CC(C)(NCCC(=O)N1CCNCC1)c1ccc(Cl)c(Cl)c1.Cl. The maximum atomic E-state index is 12.1. The van der Waals surface area contributed by atoms with Crippen LogP contribution in [-0.4, -0.2) is 43.5 Å². The number of carbonyl (C=O) groups is 1. The number of carbonyl (C=O) groups excluding carboxylic acids is 1.